The molecule has 0 aromatic carbocycles. The third-order valence-electron chi connectivity index (χ3n) is 2.56. The zero-order chi connectivity index (χ0) is 14.1. The Labute approximate surface area is 113 Å². The standard InChI is InChI=1S/C13H21ClN2O2/c1-9(2)16-7-10(14)6-11(16)12(17)15(5)8-13(3,4)18/h6-7,9,18H,8H2,1-5H3. The van der Waals surface area contributed by atoms with Gasteiger partial charge in [-0.15, -0.1) is 0 Å². The summed E-state index contributed by atoms with van der Waals surface area (Å²) < 4.78 is 1.84. The lowest BCUT2D eigenvalue weighted by Gasteiger charge is -2.26. The normalized spacial score (nSPS) is 12.0. The number of amides is 1. The van der Waals surface area contributed by atoms with Crippen molar-refractivity contribution in [2.24, 2.45) is 0 Å². The maximum absolute atomic E-state index is 12.3. The van der Waals surface area contributed by atoms with Crippen molar-refractivity contribution in [1.82, 2.24) is 9.47 Å². The van der Waals surface area contributed by atoms with Crippen LogP contribution in [0.2, 0.25) is 5.02 Å². The van der Waals surface area contributed by atoms with Crippen LogP contribution < -0.4 is 0 Å². The van der Waals surface area contributed by atoms with E-state index in [1.54, 1.807) is 33.2 Å². The predicted octanol–water partition coefficient (Wildman–Crippen LogP) is 2.57. The first-order chi connectivity index (χ1) is 8.11. The maximum Gasteiger partial charge on any atom is 0.270 e. The molecule has 1 aromatic rings. The highest BCUT2D eigenvalue weighted by molar-refractivity contribution is 6.31. The number of nitrogens with zero attached hydrogens (tertiary/aromatic N) is 2. The number of likely N-dealkylation sites (N-methyl/N-ethyl adjacent to an activating group) is 1. The first kappa shape index (κ1) is 15.1. The highest BCUT2D eigenvalue weighted by atomic mass is 35.5. The summed E-state index contributed by atoms with van der Waals surface area (Å²) in [6.45, 7) is 7.59. The highest BCUT2D eigenvalue weighted by Gasteiger charge is 2.23. The van der Waals surface area contributed by atoms with Gasteiger partial charge >= 0.3 is 0 Å². The number of carbonyl (C=O) groups is 1. The fourth-order valence-electron chi connectivity index (χ4n) is 1.89. The molecule has 0 fully saturated rings. The second kappa shape index (κ2) is 5.33. The lowest BCUT2D eigenvalue weighted by molar-refractivity contribution is 0.0361. The van der Waals surface area contributed by atoms with Crippen LogP contribution in [0.5, 0.6) is 0 Å². The fraction of sp³-hybridized carbons (Fsp3) is 0.615. The largest absolute Gasteiger partial charge is 0.389 e. The van der Waals surface area contributed by atoms with Gasteiger partial charge in [0.15, 0.2) is 0 Å². The Bertz CT molecular complexity index is 433. The molecule has 0 saturated heterocycles. The van der Waals surface area contributed by atoms with E-state index in [9.17, 15) is 9.90 Å². The van der Waals surface area contributed by atoms with Crippen LogP contribution in [-0.2, 0) is 0 Å². The minimum Gasteiger partial charge on any atom is -0.389 e. The molecule has 5 heteroatoms. The van der Waals surface area contributed by atoms with Crippen LogP contribution in [-0.4, -0.2) is 39.7 Å². The fourth-order valence-corrected chi connectivity index (χ4v) is 2.10. The predicted molar refractivity (Wildman–Crippen MR) is 73.1 cm³/mol. The Morgan fingerprint density at radius 1 is 1.56 bits per heavy atom. The molecule has 102 valence electrons. The molecular weight excluding hydrogens is 252 g/mol. The first-order valence-corrected chi connectivity index (χ1v) is 6.35. The van der Waals surface area contributed by atoms with Gasteiger partial charge in [0.1, 0.15) is 5.69 Å². The SMILES string of the molecule is CC(C)n1cc(Cl)cc1C(=O)N(C)CC(C)(C)O. The number of rotatable bonds is 4. The summed E-state index contributed by atoms with van der Waals surface area (Å²) in [5.74, 6) is -0.141. The second-order valence-corrected chi connectivity index (χ2v) is 5.95. The van der Waals surface area contributed by atoms with Crippen LogP contribution in [0.4, 0.5) is 0 Å². The molecule has 0 saturated carbocycles. The average molecular weight is 273 g/mol. The van der Waals surface area contributed by atoms with Gasteiger partial charge < -0.3 is 14.6 Å². The van der Waals surface area contributed by atoms with E-state index in [1.165, 1.54) is 4.90 Å². The summed E-state index contributed by atoms with van der Waals surface area (Å²) in [4.78, 5) is 13.8. The molecule has 0 unspecified atom stereocenters. The molecule has 0 aliphatic heterocycles. The van der Waals surface area contributed by atoms with E-state index in [2.05, 4.69) is 0 Å². The molecule has 0 aliphatic rings. The zero-order valence-electron chi connectivity index (χ0n) is 11.6. The third kappa shape index (κ3) is 3.75. The number of hydrogen-bond acceptors (Lipinski definition) is 2. The number of aliphatic hydroxyl groups is 1. The average Bonchev–Trinajstić information content (AvgIpc) is 2.56. The zero-order valence-corrected chi connectivity index (χ0v) is 12.3. The third-order valence-corrected chi connectivity index (χ3v) is 2.77. The Balaban J connectivity index is 2.97. The van der Waals surface area contributed by atoms with E-state index in [4.69, 9.17) is 11.6 Å². The number of hydrogen-bond donors (Lipinski definition) is 1. The highest BCUT2D eigenvalue weighted by Crippen LogP contribution is 2.20. The molecule has 1 aromatic heterocycles. The van der Waals surface area contributed by atoms with E-state index in [-0.39, 0.29) is 18.5 Å². The molecule has 0 spiro atoms. The van der Waals surface area contributed by atoms with Crippen molar-refractivity contribution in [3.05, 3.63) is 23.0 Å². The Hall–Kier alpha value is -1.00. The molecule has 0 aliphatic carbocycles. The minimum atomic E-state index is -0.913. The molecule has 0 atom stereocenters. The Kier molecular flexibility index (Phi) is 4.46. The van der Waals surface area contributed by atoms with Crippen molar-refractivity contribution >= 4 is 17.5 Å². The van der Waals surface area contributed by atoms with Gasteiger partial charge in [-0.2, -0.15) is 0 Å². The molecule has 1 heterocycles. The summed E-state index contributed by atoms with van der Waals surface area (Å²) in [6, 6.07) is 1.82. The van der Waals surface area contributed by atoms with Crippen LogP contribution in [0, 0.1) is 0 Å². The summed E-state index contributed by atoms with van der Waals surface area (Å²) in [5.41, 5.74) is -0.370. The number of halogens is 1. The molecule has 0 radical (unpaired) electrons. The molecule has 4 nitrogen and oxygen atoms in total. The van der Waals surface area contributed by atoms with E-state index >= 15 is 0 Å². The Morgan fingerprint density at radius 2 is 2.11 bits per heavy atom. The van der Waals surface area contributed by atoms with Crippen molar-refractivity contribution < 1.29 is 9.90 Å². The summed E-state index contributed by atoms with van der Waals surface area (Å²) in [7, 11) is 1.67. The van der Waals surface area contributed by atoms with Gasteiger partial charge in [-0.05, 0) is 33.8 Å². The maximum atomic E-state index is 12.3. The topological polar surface area (TPSA) is 45.5 Å². The van der Waals surface area contributed by atoms with Gasteiger partial charge in [0, 0.05) is 25.8 Å². The quantitative estimate of drug-likeness (QED) is 0.916. The van der Waals surface area contributed by atoms with Crippen LogP contribution >= 0.6 is 11.6 Å². The number of aromatic nitrogens is 1. The minimum absolute atomic E-state index is 0.141. The van der Waals surface area contributed by atoms with Crippen LogP contribution in [0.25, 0.3) is 0 Å². The van der Waals surface area contributed by atoms with Gasteiger partial charge in [0.2, 0.25) is 0 Å². The van der Waals surface area contributed by atoms with Crippen molar-refractivity contribution in [2.75, 3.05) is 13.6 Å². The van der Waals surface area contributed by atoms with E-state index in [0.717, 1.165) is 0 Å². The van der Waals surface area contributed by atoms with Crippen molar-refractivity contribution in [3.63, 3.8) is 0 Å². The van der Waals surface area contributed by atoms with E-state index in [1.807, 2.05) is 18.4 Å². The van der Waals surface area contributed by atoms with Crippen LogP contribution in [0.15, 0.2) is 12.3 Å². The lowest BCUT2D eigenvalue weighted by atomic mass is 10.1. The van der Waals surface area contributed by atoms with E-state index in [0.29, 0.717) is 10.7 Å². The summed E-state index contributed by atoms with van der Waals surface area (Å²) >= 11 is 5.95. The van der Waals surface area contributed by atoms with Crippen molar-refractivity contribution in [3.8, 4) is 0 Å². The van der Waals surface area contributed by atoms with Crippen molar-refractivity contribution in [1.29, 1.82) is 0 Å². The summed E-state index contributed by atoms with van der Waals surface area (Å²) in [5, 5.41) is 10.3. The molecule has 1 amide bonds. The molecule has 1 N–H and O–H groups in total. The molecule has 0 bridgehead atoms. The number of carbonyl (C=O) groups excluding carboxylic acids is 1. The van der Waals surface area contributed by atoms with Crippen LogP contribution in [0.3, 0.4) is 0 Å². The lowest BCUT2D eigenvalue weighted by Crippen LogP contribution is -2.40. The second-order valence-electron chi connectivity index (χ2n) is 5.52. The molecule has 1 rings (SSSR count). The molecule has 18 heavy (non-hydrogen) atoms. The van der Waals surface area contributed by atoms with Gasteiger partial charge in [-0.1, -0.05) is 11.6 Å². The van der Waals surface area contributed by atoms with Gasteiger partial charge in [0.25, 0.3) is 5.91 Å². The summed E-state index contributed by atoms with van der Waals surface area (Å²) in [6.07, 6.45) is 1.75. The first-order valence-electron chi connectivity index (χ1n) is 5.97. The van der Waals surface area contributed by atoms with Gasteiger partial charge in [-0.25, -0.2) is 0 Å². The Morgan fingerprint density at radius 3 is 2.56 bits per heavy atom. The van der Waals surface area contributed by atoms with Crippen molar-refractivity contribution in [2.45, 2.75) is 39.3 Å². The van der Waals surface area contributed by atoms with Crippen LogP contribution in [0.1, 0.15) is 44.2 Å². The van der Waals surface area contributed by atoms with Gasteiger partial charge in [0.05, 0.1) is 10.6 Å². The van der Waals surface area contributed by atoms with E-state index < -0.39 is 5.60 Å². The molecular formula is C13H21ClN2O2. The smallest absolute Gasteiger partial charge is 0.270 e. The monoisotopic (exact) mass is 272 g/mol. The van der Waals surface area contributed by atoms with Gasteiger partial charge in [-0.3, -0.25) is 4.79 Å².